The first kappa shape index (κ1) is 14.7. The van der Waals surface area contributed by atoms with Gasteiger partial charge >= 0.3 is 5.97 Å². The van der Waals surface area contributed by atoms with Gasteiger partial charge < -0.3 is 10.4 Å². The molecular weight excluding hydrogens is 230 g/mol. The van der Waals surface area contributed by atoms with Crippen LogP contribution in [-0.2, 0) is 9.59 Å². The molecule has 0 unspecified atom stereocenters. The standard InChI is InChI=1S/C14H23NO3/c1-10(11(2)14(17)18)13(16)15-12-8-6-4-3-5-7-9-12/h12H,3-9H2,1-2H3,(H,15,16)(H,17,18). The zero-order valence-electron chi connectivity index (χ0n) is 11.3. The number of carbonyl (C=O) groups is 2. The maximum absolute atomic E-state index is 11.9. The maximum atomic E-state index is 11.9. The number of carboxylic acid groups (broad SMARTS) is 1. The van der Waals surface area contributed by atoms with E-state index in [1.54, 1.807) is 6.92 Å². The van der Waals surface area contributed by atoms with Crippen molar-refractivity contribution < 1.29 is 14.7 Å². The van der Waals surface area contributed by atoms with Crippen LogP contribution in [0.1, 0.15) is 58.8 Å². The third kappa shape index (κ3) is 4.51. The lowest BCUT2D eigenvalue weighted by Crippen LogP contribution is -2.36. The summed E-state index contributed by atoms with van der Waals surface area (Å²) >= 11 is 0. The Labute approximate surface area is 108 Å². The summed E-state index contributed by atoms with van der Waals surface area (Å²) in [4.78, 5) is 22.7. The highest BCUT2D eigenvalue weighted by molar-refractivity contribution is 6.01. The lowest BCUT2D eigenvalue weighted by atomic mass is 9.96. The van der Waals surface area contributed by atoms with E-state index in [9.17, 15) is 9.59 Å². The third-order valence-corrected chi connectivity index (χ3v) is 3.66. The average Bonchev–Trinajstić information content (AvgIpc) is 2.30. The first-order valence-electron chi connectivity index (χ1n) is 6.74. The van der Waals surface area contributed by atoms with Gasteiger partial charge in [-0.25, -0.2) is 4.79 Å². The zero-order chi connectivity index (χ0) is 13.5. The number of hydrogen-bond acceptors (Lipinski definition) is 2. The first-order chi connectivity index (χ1) is 8.52. The SMILES string of the molecule is CC(C(=O)O)=C(C)C(=O)NC1CCCCCCC1. The van der Waals surface area contributed by atoms with E-state index in [1.165, 1.54) is 26.2 Å². The van der Waals surface area contributed by atoms with E-state index in [-0.39, 0.29) is 17.5 Å². The average molecular weight is 253 g/mol. The summed E-state index contributed by atoms with van der Waals surface area (Å²) < 4.78 is 0. The van der Waals surface area contributed by atoms with Gasteiger partial charge in [0.15, 0.2) is 0 Å². The van der Waals surface area contributed by atoms with Gasteiger partial charge in [0.2, 0.25) is 5.91 Å². The van der Waals surface area contributed by atoms with E-state index >= 15 is 0 Å². The molecule has 1 aliphatic carbocycles. The van der Waals surface area contributed by atoms with Crippen molar-refractivity contribution in [2.24, 2.45) is 0 Å². The Morgan fingerprint density at radius 3 is 1.94 bits per heavy atom. The Hall–Kier alpha value is -1.32. The van der Waals surface area contributed by atoms with Gasteiger partial charge in [-0.1, -0.05) is 32.1 Å². The fourth-order valence-electron chi connectivity index (χ4n) is 2.22. The van der Waals surface area contributed by atoms with Crippen molar-refractivity contribution in [3.8, 4) is 0 Å². The van der Waals surface area contributed by atoms with Gasteiger partial charge in [-0.05, 0) is 26.7 Å². The number of carboxylic acids is 1. The normalized spacial score (nSPS) is 19.4. The van der Waals surface area contributed by atoms with Crippen molar-refractivity contribution >= 4 is 11.9 Å². The van der Waals surface area contributed by atoms with Crippen molar-refractivity contribution in [2.45, 2.75) is 64.8 Å². The predicted molar refractivity (Wildman–Crippen MR) is 70.3 cm³/mol. The van der Waals surface area contributed by atoms with Crippen LogP contribution in [0.2, 0.25) is 0 Å². The molecule has 1 aliphatic rings. The minimum atomic E-state index is -1.03. The second kappa shape index (κ2) is 7.19. The Kier molecular flexibility index (Phi) is 5.89. The van der Waals surface area contributed by atoms with Crippen LogP contribution in [0.15, 0.2) is 11.1 Å². The number of carbonyl (C=O) groups excluding carboxylic acids is 1. The largest absolute Gasteiger partial charge is 0.478 e. The van der Waals surface area contributed by atoms with Gasteiger partial charge in [0, 0.05) is 17.2 Å². The van der Waals surface area contributed by atoms with Crippen LogP contribution in [0.5, 0.6) is 0 Å². The smallest absolute Gasteiger partial charge is 0.331 e. The van der Waals surface area contributed by atoms with Gasteiger partial charge in [-0.3, -0.25) is 4.79 Å². The van der Waals surface area contributed by atoms with E-state index in [4.69, 9.17) is 5.11 Å². The van der Waals surface area contributed by atoms with Crippen LogP contribution in [-0.4, -0.2) is 23.0 Å². The van der Waals surface area contributed by atoms with Crippen molar-refractivity contribution in [3.05, 3.63) is 11.1 Å². The number of nitrogens with one attached hydrogen (secondary N) is 1. The first-order valence-corrected chi connectivity index (χ1v) is 6.74. The maximum Gasteiger partial charge on any atom is 0.331 e. The molecule has 2 N–H and O–H groups in total. The summed E-state index contributed by atoms with van der Waals surface area (Å²) in [5.41, 5.74) is 0.433. The molecule has 0 aromatic rings. The molecule has 1 amide bonds. The molecule has 0 radical (unpaired) electrons. The van der Waals surface area contributed by atoms with Crippen LogP contribution in [0, 0.1) is 0 Å². The highest BCUT2D eigenvalue weighted by atomic mass is 16.4. The molecular formula is C14H23NO3. The summed E-state index contributed by atoms with van der Waals surface area (Å²) in [6, 6.07) is 0.203. The second-order valence-corrected chi connectivity index (χ2v) is 5.07. The molecule has 102 valence electrons. The van der Waals surface area contributed by atoms with E-state index in [0.717, 1.165) is 25.7 Å². The minimum absolute atomic E-state index is 0.123. The Bertz CT molecular complexity index is 339. The molecule has 0 aromatic heterocycles. The Morgan fingerprint density at radius 2 is 1.44 bits per heavy atom. The molecule has 4 nitrogen and oxygen atoms in total. The zero-order valence-corrected chi connectivity index (χ0v) is 11.3. The van der Waals surface area contributed by atoms with Gasteiger partial charge in [0.05, 0.1) is 0 Å². The number of rotatable bonds is 3. The molecule has 1 fully saturated rings. The summed E-state index contributed by atoms with van der Waals surface area (Å²) in [5.74, 6) is -1.26. The van der Waals surface area contributed by atoms with Crippen LogP contribution in [0.4, 0.5) is 0 Å². The van der Waals surface area contributed by atoms with Gasteiger partial charge in [-0.15, -0.1) is 0 Å². The van der Waals surface area contributed by atoms with Crippen molar-refractivity contribution in [1.82, 2.24) is 5.32 Å². The van der Waals surface area contributed by atoms with Crippen molar-refractivity contribution in [1.29, 1.82) is 0 Å². The summed E-state index contributed by atoms with van der Waals surface area (Å²) in [5, 5.41) is 11.8. The molecule has 0 aliphatic heterocycles. The quantitative estimate of drug-likeness (QED) is 0.760. The van der Waals surface area contributed by atoms with Gasteiger partial charge in [0.1, 0.15) is 0 Å². The van der Waals surface area contributed by atoms with E-state index in [0.29, 0.717) is 5.57 Å². The molecule has 0 aromatic carbocycles. The van der Waals surface area contributed by atoms with Crippen molar-refractivity contribution in [2.75, 3.05) is 0 Å². The fraction of sp³-hybridized carbons (Fsp3) is 0.714. The lowest BCUT2D eigenvalue weighted by Gasteiger charge is -2.21. The minimum Gasteiger partial charge on any atom is -0.478 e. The van der Waals surface area contributed by atoms with Crippen LogP contribution in [0.3, 0.4) is 0 Å². The molecule has 4 heteroatoms. The molecule has 0 heterocycles. The van der Waals surface area contributed by atoms with Crippen LogP contribution >= 0.6 is 0 Å². The predicted octanol–water partition coefficient (Wildman–Crippen LogP) is 2.64. The monoisotopic (exact) mass is 253 g/mol. The topological polar surface area (TPSA) is 66.4 Å². The summed E-state index contributed by atoms with van der Waals surface area (Å²) in [6.07, 6.45) is 8.05. The molecule has 1 rings (SSSR count). The highest BCUT2D eigenvalue weighted by Crippen LogP contribution is 2.17. The number of amides is 1. The molecule has 18 heavy (non-hydrogen) atoms. The Morgan fingerprint density at radius 1 is 0.944 bits per heavy atom. The molecule has 0 saturated heterocycles. The van der Waals surface area contributed by atoms with Crippen LogP contribution < -0.4 is 5.32 Å². The van der Waals surface area contributed by atoms with E-state index in [2.05, 4.69) is 5.32 Å². The lowest BCUT2D eigenvalue weighted by molar-refractivity contribution is -0.133. The molecule has 0 spiro atoms. The van der Waals surface area contributed by atoms with Gasteiger partial charge in [0.25, 0.3) is 0 Å². The Balaban J connectivity index is 2.57. The fourth-order valence-corrected chi connectivity index (χ4v) is 2.22. The second-order valence-electron chi connectivity index (χ2n) is 5.07. The number of hydrogen-bond donors (Lipinski definition) is 2. The molecule has 1 saturated carbocycles. The molecule has 0 atom stereocenters. The van der Waals surface area contributed by atoms with Crippen molar-refractivity contribution in [3.63, 3.8) is 0 Å². The summed E-state index contributed by atoms with van der Waals surface area (Å²) in [7, 11) is 0. The third-order valence-electron chi connectivity index (χ3n) is 3.66. The highest BCUT2D eigenvalue weighted by Gasteiger charge is 2.17. The van der Waals surface area contributed by atoms with Gasteiger partial charge in [-0.2, -0.15) is 0 Å². The van der Waals surface area contributed by atoms with Crippen LogP contribution in [0.25, 0.3) is 0 Å². The van der Waals surface area contributed by atoms with E-state index in [1.807, 2.05) is 0 Å². The van der Waals surface area contributed by atoms with E-state index < -0.39 is 5.97 Å². The number of aliphatic carboxylic acids is 1. The molecule has 0 bridgehead atoms. The summed E-state index contributed by atoms with van der Waals surface area (Å²) in [6.45, 7) is 3.04.